The molecule has 0 spiro atoms. The van der Waals surface area contributed by atoms with Crippen molar-refractivity contribution in [3.05, 3.63) is 29.8 Å². The van der Waals surface area contributed by atoms with Crippen molar-refractivity contribution in [2.45, 2.75) is 11.6 Å². The monoisotopic (exact) mass is 263 g/mol. The van der Waals surface area contributed by atoms with Crippen LogP contribution < -0.4 is 4.90 Å². The van der Waals surface area contributed by atoms with Gasteiger partial charge in [-0.2, -0.15) is 13.2 Å². The highest BCUT2D eigenvalue weighted by Crippen LogP contribution is 2.34. The summed E-state index contributed by atoms with van der Waals surface area (Å²) in [6.45, 7) is 0.00477. The summed E-state index contributed by atoms with van der Waals surface area (Å²) < 4.78 is 37.4. The minimum absolute atomic E-state index is 0.00477. The summed E-state index contributed by atoms with van der Waals surface area (Å²) in [4.78, 5) is 12.5. The molecule has 92 valence electrons. The standard InChI is InChI=1S/C10H8F3NO2S/c11-10(12,13)6-2-1-3-7(4-6)14-5-8(15)17-9(14)16/h1-4,8,15H,5H2. The normalized spacial score (nSPS) is 21.1. The van der Waals surface area contributed by atoms with Gasteiger partial charge < -0.3 is 5.11 Å². The van der Waals surface area contributed by atoms with Gasteiger partial charge in [-0.1, -0.05) is 6.07 Å². The second-order valence-corrected chi connectivity index (χ2v) is 4.63. The van der Waals surface area contributed by atoms with E-state index in [9.17, 15) is 23.1 Å². The third-order valence-corrected chi connectivity index (χ3v) is 3.12. The highest BCUT2D eigenvalue weighted by Gasteiger charge is 2.34. The summed E-state index contributed by atoms with van der Waals surface area (Å²) in [5.74, 6) is 0. The van der Waals surface area contributed by atoms with Crippen LogP contribution in [-0.2, 0) is 6.18 Å². The number of anilines is 1. The van der Waals surface area contributed by atoms with E-state index in [-0.39, 0.29) is 12.2 Å². The summed E-state index contributed by atoms with van der Waals surface area (Å²) >= 11 is 0.698. The number of benzene rings is 1. The number of hydrogen-bond acceptors (Lipinski definition) is 3. The summed E-state index contributed by atoms with van der Waals surface area (Å²) in [7, 11) is 0. The van der Waals surface area contributed by atoms with Crippen LogP contribution in [0, 0.1) is 0 Å². The Morgan fingerprint density at radius 3 is 2.65 bits per heavy atom. The van der Waals surface area contributed by atoms with E-state index in [1.165, 1.54) is 12.1 Å². The number of nitrogens with zero attached hydrogens (tertiary/aromatic N) is 1. The molecule has 0 aromatic heterocycles. The highest BCUT2D eigenvalue weighted by molar-refractivity contribution is 8.14. The molecule has 2 rings (SSSR count). The van der Waals surface area contributed by atoms with Crippen LogP contribution in [0.2, 0.25) is 0 Å². The van der Waals surface area contributed by atoms with Crippen molar-refractivity contribution in [1.82, 2.24) is 0 Å². The van der Waals surface area contributed by atoms with Crippen LogP contribution in [0.15, 0.2) is 24.3 Å². The number of alkyl halides is 3. The number of amides is 1. The molecule has 17 heavy (non-hydrogen) atoms. The zero-order chi connectivity index (χ0) is 12.6. The molecule has 1 aliphatic rings. The molecule has 1 atom stereocenters. The predicted molar refractivity (Wildman–Crippen MR) is 57.8 cm³/mol. The van der Waals surface area contributed by atoms with Crippen molar-refractivity contribution in [2.24, 2.45) is 0 Å². The van der Waals surface area contributed by atoms with E-state index in [1.54, 1.807) is 0 Å². The summed E-state index contributed by atoms with van der Waals surface area (Å²) in [5.41, 5.74) is -1.56. The lowest BCUT2D eigenvalue weighted by Gasteiger charge is -2.16. The zero-order valence-electron chi connectivity index (χ0n) is 8.44. The van der Waals surface area contributed by atoms with Crippen LogP contribution in [0.3, 0.4) is 0 Å². The van der Waals surface area contributed by atoms with Gasteiger partial charge in [-0.3, -0.25) is 9.69 Å². The van der Waals surface area contributed by atoms with Crippen molar-refractivity contribution >= 4 is 22.7 Å². The first-order chi connectivity index (χ1) is 7.88. The summed E-state index contributed by atoms with van der Waals surface area (Å²) in [6, 6.07) is 4.48. The molecular formula is C10H8F3NO2S. The second-order valence-electron chi connectivity index (χ2n) is 3.50. The van der Waals surface area contributed by atoms with Gasteiger partial charge in [0.25, 0.3) is 5.24 Å². The van der Waals surface area contributed by atoms with E-state index >= 15 is 0 Å². The number of β-amino-alcohol motifs (C(OH)–C–C–N with tert-alkyl or cyclic N) is 1. The van der Waals surface area contributed by atoms with Gasteiger partial charge in [-0.15, -0.1) is 0 Å². The molecule has 1 fully saturated rings. The van der Waals surface area contributed by atoms with Crippen LogP contribution in [0.4, 0.5) is 23.7 Å². The maximum absolute atomic E-state index is 12.5. The minimum Gasteiger partial charge on any atom is -0.380 e. The molecule has 0 aliphatic carbocycles. The van der Waals surface area contributed by atoms with Gasteiger partial charge in [0.15, 0.2) is 0 Å². The number of thioether (sulfide) groups is 1. The van der Waals surface area contributed by atoms with E-state index < -0.39 is 22.4 Å². The van der Waals surface area contributed by atoms with Gasteiger partial charge in [-0.25, -0.2) is 0 Å². The smallest absolute Gasteiger partial charge is 0.380 e. The van der Waals surface area contributed by atoms with Crippen LogP contribution in [0.5, 0.6) is 0 Å². The second kappa shape index (κ2) is 4.23. The Bertz CT molecular complexity index is 449. The SMILES string of the molecule is O=C1SC(O)CN1c1cccc(C(F)(F)F)c1. The largest absolute Gasteiger partial charge is 0.416 e. The van der Waals surface area contributed by atoms with Crippen LogP contribution in [-0.4, -0.2) is 22.3 Å². The maximum Gasteiger partial charge on any atom is 0.416 e. The lowest BCUT2D eigenvalue weighted by Crippen LogP contribution is -2.24. The van der Waals surface area contributed by atoms with Crippen LogP contribution in [0.25, 0.3) is 0 Å². The topological polar surface area (TPSA) is 40.5 Å². The molecule has 1 unspecified atom stereocenters. The van der Waals surface area contributed by atoms with E-state index in [0.29, 0.717) is 11.8 Å². The van der Waals surface area contributed by atoms with Crippen molar-refractivity contribution in [1.29, 1.82) is 0 Å². The Hall–Kier alpha value is -1.21. The van der Waals surface area contributed by atoms with Gasteiger partial charge in [0.2, 0.25) is 0 Å². The van der Waals surface area contributed by atoms with Gasteiger partial charge >= 0.3 is 6.18 Å². The molecule has 1 aromatic carbocycles. The molecule has 1 aromatic rings. The first-order valence-electron chi connectivity index (χ1n) is 4.71. The van der Waals surface area contributed by atoms with E-state index in [4.69, 9.17) is 0 Å². The number of carbonyl (C=O) groups is 1. The quantitative estimate of drug-likeness (QED) is 0.846. The average molecular weight is 263 g/mol. The van der Waals surface area contributed by atoms with Crippen molar-refractivity contribution in [3.63, 3.8) is 0 Å². The molecule has 0 radical (unpaired) electrons. The van der Waals surface area contributed by atoms with Gasteiger partial charge in [0, 0.05) is 5.69 Å². The Balaban J connectivity index is 2.31. The number of aliphatic hydroxyl groups is 1. The number of carbonyl (C=O) groups excluding carboxylic acids is 1. The fourth-order valence-electron chi connectivity index (χ4n) is 1.51. The molecule has 1 heterocycles. The molecule has 1 N–H and O–H groups in total. The third kappa shape index (κ3) is 2.55. The molecule has 1 amide bonds. The van der Waals surface area contributed by atoms with Gasteiger partial charge in [0.05, 0.1) is 12.1 Å². The molecule has 1 saturated heterocycles. The summed E-state index contributed by atoms with van der Waals surface area (Å²) in [5, 5.41) is 8.79. The lowest BCUT2D eigenvalue weighted by atomic mass is 10.2. The van der Waals surface area contributed by atoms with Gasteiger partial charge in [-0.05, 0) is 30.0 Å². The van der Waals surface area contributed by atoms with Crippen LogP contribution >= 0.6 is 11.8 Å². The Morgan fingerprint density at radius 2 is 2.12 bits per heavy atom. The van der Waals surface area contributed by atoms with E-state index in [0.717, 1.165) is 17.0 Å². The van der Waals surface area contributed by atoms with E-state index in [2.05, 4.69) is 0 Å². The predicted octanol–water partition coefficient (Wildman–Crippen LogP) is 2.70. The first-order valence-corrected chi connectivity index (χ1v) is 5.59. The Morgan fingerprint density at radius 1 is 1.41 bits per heavy atom. The Labute approximate surface area is 99.2 Å². The van der Waals surface area contributed by atoms with Crippen molar-refractivity contribution in [2.75, 3.05) is 11.4 Å². The number of hydrogen-bond donors (Lipinski definition) is 1. The third-order valence-electron chi connectivity index (χ3n) is 2.28. The van der Waals surface area contributed by atoms with Crippen molar-refractivity contribution in [3.8, 4) is 0 Å². The molecule has 3 nitrogen and oxygen atoms in total. The maximum atomic E-state index is 12.5. The first kappa shape index (κ1) is 12.3. The minimum atomic E-state index is -4.44. The highest BCUT2D eigenvalue weighted by atomic mass is 32.2. The zero-order valence-corrected chi connectivity index (χ0v) is 9.26. The average Bonchev–Trinajstić information content (AvgIpc) is 2.57. The molecular weight excluding hydrogens is 255 g/mol. The lowest BCUT2D eigenvalue weighted by molar-refractivity contribution is -0.137. The molecule has 0 bridgehead atoms. The molecule has 0 saturated carbocycles. The fraction of sp³-hybridized carbons (Fsp3) is 0.300. The Kier molecular flexibility index (Phi) is 3.05. The van der Waals surface area contributed by atoms with Crippen molar-refractivity contribution < 1.29 is 23.1 Å². The number of rotatable bonds is 1. The number of aliphatic hydroxyl groups excluding tert-OH is 1. The van der Waals surface area contributed by atoms with Crippen LogP contribution in [0.1, 0.15) is 5.56 Å². The molecule has 7 heteroatoms. The number of halogens is 3. The van der Waals surface area contributed by atoms with Gasteiger partial charge in [0.1, 0.15) is 5.44 Å². The fourth-order valence-corrected chi connectivity index (χ4v) is 2.27. The molecule has 1 aliphatic heterocycles. The summed E-state index contributed by atoms with van der Waals surface area (Å²) in [6.07, 6.45) is -4.44. The van der Waals surface area contributed by atoms with E-state index in [1.807, 2.05) is 0 Å².